The first-order valence-corrected chi connectivity index (χ1v) is 8.55. The Labute approximate surface area is 129 Å². The predicted octanol–water partition coefficient (Wildman–Crippen LogP) is 0.783. The first-order valence-electron chi connectivity index (χ1n) is 7.06. The molecule has 0 saturated carbocycles. The van der Waals surface area contributed by atoms with E-state index in [0.29, 0.717) is 17.9 Å². The molecule has 8 heteroatoms. The minimum absolute atomic E-state index is 0.0524. The van der Waals surface area contributed by atoms with E-state index in [1.807, 2.05) is 13.8 Å². The lowest BCUT2D eigenvalue weighted by molar-refractivity contribution is 0.465. The minimum atomic E-state index is -3.71. The Hall–Kier alpha value is -1.64. The Bertz CT molecular complexity index is 820. The lowest BCUT2D eigenvalue weighted by Crippen LogP contribution is -2.40. The van der Waals surface area contributed by atoms with Crippen LogP contribution >= 0.6 is 0 Å². The van der Waals surface area contributed by atoms with Crippen molar-refractivity contribution in [2.45, 2.75) is 31.2 Å². The molecule has 3 N–H and O–H groups in total. The van der Waals surface area contributed by atoms with Crippen LogP contribution in [0.5, 0.6) is 0 Å². The van der Waals surface area contributed by atoms with Gasteiger partial charge in [0.1, 0.15) is 0 Å². The minimum Gasteiger partial charge on any atom is -0.408 e. The van der Waals surface area contributed by atoms with Crippen LogP contribution in [0.3, 0.4) is 0 Å². The van der Waals surface area contributed by atoms with Gasteiger partial charge in [0.25, 0.3) is 0 Å². The summed E-state index contributed by atoms with van der Waals surface area (Å²) in [5.41, 5.74) is 6.41. The van der Waals surface area contributed by atoms with Gasteiger partial charge in [-0.25, -0.2) is 17.9 Å². The SMILES string of the molecule is CC(C)CC(CN)NS(=O)(=O)c1ccc2c(c1)oc(=O)n2C. The normalized spacial score (nSPS) is 13.9. The second-order valence-corrected chi connectivity index (χ2v) is 7.45. The molecular weight excluding hydrogens is 306 g/mol. The summed E-state index contributed by atoms with van der Waals surface area (Å²) in [6.07, 6.45) is 0.651. The first kappa shape index (κ1) is 16.7. The molecule has 1 aromatic carbocycles. The van der Waals surface area contributed by atoms with Crippen molar-refractivity contribution in [3.05, 3.63) is 28.7 Å². The Morgan fingerprint density at radius 3 is 2.64 bits per heavy atom. The fourth-order valence-electron chi connectivity index (χ4n) is 2.33. The maximum atomic E-state index is 12.4. The highest BCUT2D eigenvalue weighted by molar-refractivity contribution is 7.89. The summed E-state index contributed by atoms with van der Waals surface area (Å²) in [4.78, 5) is 11.5. The van der Waals surface area contributed by atoms with Crippen LogP contribution in [0.2, 0.25) is 0 Å². The molecule has 0 fully saturated rings. The first-order chi connectivity index (χ1) is 10.2. The van der Waals surface area contributed by atoms with Crippen molar-refractivity contribution in [2.24, 2.45) is 18.7 Å². The van der Waals surface area contributed by atoms with Gasteiger partial charge in [-0.1, -0.05) is 13.8 Å². The van der Waals surface area contributed by atoms with Crippen molar-refractivity contribution >= 4 is 21.1 Å². The van der Waals surface area contributed by atoms with Crippen LogP contribution in [0.4, 0.5) is 0 Å². The third-order valence-electron chi connectivity index (χ3n) is 3.44. The highest BCUT2D eigenvalue weighted by atomic mass is 32.2. The molecule has 1 atom stereocenters. The number of rotatable bonds is 6. The average molecular weight is 327 g/mol. The molecule has 2 rings (SSSR count). The number of nitrogens with one attached hydrogen (secondary N) is 1. The number of aryl methyl sites for hydroxylation is 1. The van der Waals surface area contributed by atoms with Crippen LogP contribution in [0.15, 0.2) is 32.3 Å². The van der Waals surface area contributed by atoms with Gasteiger partial charge in [0.05, 0.1) is 10.4 Å². The third-order valence-corrected chi connectivity index (χ3v) is 4.95. The molecule has 1 aromatic heterocycles. The van der Waals surface area contributed by atoms with Gasteiger partial charge in [-0.2, -0.15) is 0 Å². The van der Waals surface area contributed by atoms with E-state index < -0.39 is 15.8 Å². The van der Waals surface area contributed by atoms with Crippen LogP contribution in [-0.2, 0) is 17.1 Å². The van der Waals surface area contributed by atoms with Crippen molar-refractivity contribution in [1.82, 2.24) is 9.29 Å². The van der Waals surface area contributed by atoms with Crippen LogP contribution in [0.25, 0.3) is 11.1 Å². The third kappa shape index (κ3) is 3.40. The molecule has 0 saturated heterocycles. The van der Waals surface area contributed by atoms with Gasteiger partial charge in [0.2, 0.25) is 10.0 Å². The topological polar surface area (TPSA) is 107 Å². The number of oxazole rings is 1. The number of hydrogen-bond acceptors (Lipinski definition) is 5. The van der Waals surface area contributed by atoms with Gasteiger partial charge in [0, 0.05) is 25.7 Å². The summed E-state index contributed by atoms with van der Waals surface area (Å²) in [5.74, 6) is -0.206. The summed E-state index contributed by atoms with van der Waals surface area (Å²) < 4.78 is 33.8. The molecule has 2 aromatic rings. The highest BCUT2D eigenvalue weighted by Gasteiger charge is 2.21. The Morgan fingerprint density at radius 2 is 2.05 bits per heavy atom. The molecular formula is C14H21N3O4S. The van der Waals surface area contributed by atoms with E-state index >= 15 is 0 Å². The quantitative estimate of drug-likeness (QED) is 0.815. The van der Waals surface area contributed by atoms with E-state index in [9.17, 15) is 13.2 Å². The number of fused-ring (bicyclic) bond motifs is 1. The van der Waals surface area contributed by atoms with E-state index in [-0.39, 0.29) is 23.1 Å². The molecule has 0 spiro atoms. The maximum Gasteiger partial charge on any atom is 0.419 e. The van der Waals surface area contributed by atoms with E-state index in [0.717, 1.165) is 0 Å². The van der Waals surface area contributed by atoms with Gasteiger partial charge in [-0.15, -0.1) is 0 Å². The zero-order valence-corrected chi connectivity index (χ0v) is 13.7. The summed E-state index contributed by atoms with van der Waals surface area (Å²) in [7, 11) is -2.15. The van der Waals surface area contributed by atoms with Gasteiger partial charge in [-0.3, -0.25) is 4.57 Å². The Kier molecular flexibility index (Phi) is 4.74. The van der Waals surface area contributed by atoms with Crippen molar-refractivity contribution < 1.29 is 12.8 Å². The summed E-state index contributed by atoms with van der Waals surface area (Å²) in [5, 5.41) is 0. The summed E-state index contributed by atoms with van der Waals surface area (Å²) in [6, 6.07) is 4.02. The molecule has 0 radical (unpaired) electrons. The molecule has 7 nitrogen and oxygen atoms in total. The van der Waals surface area contributed by atoms with Crippen molar-refractivity contribution in [3.63, 3.8) is 0 Å². The second kappa shape index (κ2) is 6.23. The summed E-state index contributed by atoms with van der Waals surface area (Å²) in [6.45, 7) is 4.23. The van der Waals surface area contributed by atoms with Gasteiger partial charge in [0.15, 0.2) is 5.58 Å². The fourth-order valence-corrected chi connectivity index (χ4v) is 3.61. The van der Waals surface area contributed by atoms with Gasteiger partial charge < -0.3 is 10.2 Å². The van der Waals surface area contributed by atoms with E-state index in [2.05, 4.69) is 4.72 Å². The second-order valence-electron chi connectivity index (χ2n) is 5.74. The van der Waals surface area contributed by atoms with Crippen LogP contribution in [0, 0.1) is 5.92 Å². The predicted molar refractivity (Wildman–Crippen MR) is 84.1 cm³/mol. The van der Waals surface area contributed by atoms with Crippen molar-refractivity contribution in [1.29, 1.82) is 0 Å². The molecule has 0 aliphatic carbocycles. The molecule has 22 heavy (non-hydrogen) atoms. The van der Waals surface area contributed by atoms with Crippen LogP contribution in [-0.4, -0.2) is 25.6 Å². The number of sulfonamides is 1. The average Bonchev–Trinajstić information content (AvgIpc) is 2.72. The summed E-state index contributed by atoms with van der Waals surface area (Å²) >= 11 is 0. The Balaban J connectivity index is 2.34. The smallest absolute Gasteiger partial charge is 0.408 e. The molecule has 1 heterocycles. The molecule has 122 valence electrons. The molecule has 0 aliphatic heterocycles. The van der Waals surface area contributed by atoms with Gasteiger partial charge >= 0.3 is 5.76 Å². The lowest BCUT2D eigenvalue weighted by atomic mass is 10.1. The number of hydrogen-bond donors (Lipinski definition) is 2. The fraction of sp³-hybridized carbons (Fsp3) is 0.500. The standard InChI is InChI=1S/C14H21N3O4S/c1-9(2)6-10(8-15)16-22(19,20)11-4-5-12-13(7-11)21-14(18)17(12)3/h4-5,7,9-10,16H,6,8,15H2,1-3H3. The lowest BCUT2D eigenvalue weighted by Gasteiger charge is -2.18. The highest BCUT2D eigenvalue weighted by Crippen LogP contribution is 2.18. The van der Waals surface area contributed by atoms with E-state index in [4.69, 9.17) is 10.2 Å². The maximum absolute atomic E-state index is 12.4. The molecule has 0 bridgehead atoms. The number of nitrogens with zero attached hydrogens (tertiary/aromatic N) is 1. The molecule has 1 unspecified atom stereocenters. The zero-order chi connectivity index (χ0) is 16.5. The number of nitrogens with two attached hydrogens (primary N) is 1. The van der Waals surface area contributed by atoms with Crippen LogP contribution in [0.1, 0.15) is 20.3 Å². The molecule has 0 aliphatic rings. The van der Waals surface area contributed by atoms with Crippen LogP contribution < -0.4 is 16.2 Å². The van der Waals surface area contributed by atoms with E-state index in [1.54, 1.807) is 13.1 Å². The van der Waals surface area contributed by atoms with Crippen molar-refractivity contribution in [3.8, 4) is 0 Å². The van der Waals surface area contributed by atoms with Crippen molar-refractivity contribution in [2.75, 3.05) is 6.54 Å². The van der Waals surface area contributed by atoms with Gasteiger partial charge in [-0.05, 0) is 24.5 Å². The number of benzene rings is 1. The Morgan fingerprint density at radius 1 is 1.36 bits per heavy atom. The number of aromatic nitrogens is 1. The van der Waals surface area contributed by atoms with E-state index in [1.165, 1.54) is 16.7 Å². The molecule has 0 amide bonds. The monoisotopic (exact) mass is 327 g/mol. The zero-order valence-electron chi connectivity index (χ0n) is 12.9. The largest absolute Gasteiger partial charge is 0.419 e.